The number of halogens is 3. The van der Waals surface area contributed by atoms with Gasteiger partial charge < -0.3 is 0 Å². The standard InChI is InChI=1S/C14H12BrF2NO2S/c15-13-6-5-12(9-14(13)17)21(19,20)18-8-7-10-1-3-11(16)4-2-10/h1-6,9,18H,7-8H2. The molecule has 0 heterocycles. The molecule has 0 aliphatic carbocycles. The van der Waals surface area contributed by atoms with Crippen molar-refractivity contribution in [1.29, 1.82) is 0 Å². The van der Waals surface area contributed by atoms with Gasteiger partial charge in [0.15, 0.2) is 0 Å². The summed E-state index contributed by atoms with van der Waals surface area (Å²) in [5.74, 6) is -0.985. The van der Waals surface area contributed by atoms with Gasteiger partial charge in [-0.3, -0.25) is 0 Å². The highest BCUT2D eigenvalue weighted by atomic mass is 79.9. The summed E-state index contributed by atoms with van der Waals surface area (Å²) in [6, 6.07) is 9.40. The molecule has 1 N–H and O–H groups in total. The molecule has 0 aromatic heterocycles. The van der Waals surface area contributed by atoms with Gasteiger partial charge in [-0.25, -0.2) is 21.9 Å². The molecule has 2 aromatic rings. The van der Waals surface area contributed by atoms with Gasteiger partial charge in [-0.1, -0.05) is 12.1 Å². The average molecular weight is 376 g/mol. The fourth-order valence-electron chi connectivity index (χ4n) is 1.71. The van der Waals surface area contributed by atoms with Gasteiger partial charge in [-0.2, -0.15) is 0 Å². The van der Waals surface area contributed by atoms with Crippen molar-refractivity contribution >= 4 is 26.0 Å². The lowest BCUT2D eigenvalue weighted by molar-refractivity contribution is 0.576. The Kier molecular flexibility index (Phi) is 5.08. The summed E-state index contributed by atoms with van der Waals surface area (Å²) in [6.45, 7) is 0.144. The summed E-state index contributed by atoms with van der Waals surface area (Å²) in [5.41, 5.74) is 0.807. The van der Waals surface area contributed by atoms with Gasteiger partial charge in [0.1, 0.15) is 11.6 Å². The van der Waals surface area contributed by atoms with E-state index in [4.69, 9.17) is 0 Å². The lowest BCUT2D eigenvalue weighted by Gasteiger charge is -2.07. The molecule has 0 aliphatic heterocycles. The van der Waals surface area contributed by atoms with Crippen LogP contribution in [0.25, 0.3) is 0 Å². The zero-order valence-electron chi connectivity index (χ0n) is 10.8. The molecule has 0 amide bonds. The Hall–Kier alpha value is -1.31. The van der Waals surface area contributed by atoms with Crippen LogP contribution in [0.1, 0.15) is 5.56 Å². The largest absolute Gasteiger partial charge is 0.240 e. The minimum Gasteiger partial charge on any atom is -0.211 e. The Morgan fingerprint density at radius 3 is 2.33 bits per heavy atom. The van der Waals surface area contributed by atoms with E-state index in [1.165, 1.54) is 24.3 Å². The first-order valence-corrected chi connectivity index (χ1v) is 8.35. The predicted molar refractivity (Wildman–Crippen MR) is 79.4 cm³/mol. The van der Waals surface area contributed by atoms with E-state index in [1.54, 1.807) is 12.1 Å². The monoisotopic (exact) mass is 375 g/mol. The van der Waals surface area contributed by atoms with Crippen LogP contribution in [0.2, 0.25) is 0 Å². The summed E-state index contributed by atoms with van der Waals surface area (Å²) in [4.78, 5) is -0.137. The summed E-state index contributed by atoms with van der Waals surface area (Å²) in [6.07, 6.45) is 0.415. The third kappa shape index (κ3) is 4.33. The summed E-state index contributed by atoms with van der Waals surface area (Å²) in [5, 5.41) is 0. The van der Waals surface area contributed by atoms with Crippen molar-refractivity contribution in [2.45, 2.75) is 11.3 Å². The zero-order chi connectivity index (χ0) is 15.5. The molecule has 0 saturated heterocycles. The smallest absolute Gasteiger partial charge is 0.211 e. The quantitative estimate of drug-likeness (QED) is 0.871. The van der Waals surface area contributed by atoms with Gasteiger partial charge in [0.25, 0.3) is 0 Å². The Balaban J connectivity index is 2.01. The van der Waals surface area contributed by atoms with Crippen molar-refractivity contribution in [1.82, 2.24) is 4.72 Å². The normalized spacial score (nSPS) is 11.6. The van der Waals surface area contributed by atoms with E-state index in [2.05, 4.69) is 20.7 Å². The van der Waals surface area contributed by atoms with E-state index in [9.17, 15) is 17.2 Å². The van der Waals surface area contributed by atoms with Gasteiger partial charge >= 0.3 is 0 Å². The Labute approximate surface area is 130 Å². The molecular formula is C14H12BrF2NO2S. The van der Waals surface area contributed by atoms with Crippen LogP contribution in [0.5, 0.6) is 0 Å². The van der Waals surface area contributed by atoms with E-state index in [-0.39, 0.29) is 21.7 Å². The molecule has 0 spiro atoms. The van der Waals surface area contributed by atoms with Crippen LogP contribution in [0, 0.1) is 11.6 Å². The van der Waals surface area contributed by atoms with E-state index in [0.717, 1.165) is 11.6 Å². The van der Waals surface area contributed by atoms with Crippen LogP contribution in [0.4, 0.5) is 8.78 Å². The molecule has 0 bridgehead atoms. The van der Waals surface area contributed by atoms with E-state index >= 15 is 0 Å². The third-order valence-corrected chi connectivity index (χ3v) is 4.92. The zero-order valence-corrected chi connectivity index (χ0v) is 13.2. The first-order chi connectivity index (χ1) is 9.88. The number of hydrogen-bond donors (Lipinski definition) is 1. The van der Waals surface area contributed by atoms with Crippen molar-refractivity contribution in [3.63, 3.8) is 0 Å². The second-order valence-electron chi connectivity index (χ2n) is 4.35. The van der Waals surface area contributed by atoms with Crippen LogP contribution in [0.3, 0.4) is 0 Å². The Morgan fingerprint density at radius 1 is 1.05 bits per heavy atom. The molecule has 0 aliphatic rings. The van der Waals surface area contributed by atoms with Gasteiger partial charge in [-0.05, 0) is 58.2 Å². The molecule has 3 nitrogen and oxygen atoms in total. The molecule has 0 unspecified atom stereocenters. The Morgan fingerprint density at radius 2 is 1.71 bits per heavy atom. The minimum absolute atomic E-state index is 0.137. The molecule has 21 heavy (non-hydrogen) atoms. The second kappa shape index (κ2) is 6.64. The van der Waals surface area contributed by atoms with Gasteiger partial charge in [0.05, 0.1) is 9.37 Å². The number of nitrogens with one attached hydrogen (secondary N) is 1. The van der Waals surface area contributed by atoms with Crippen molar-refractivity contribution in [2.75, 3.05) is 6.54 Å². The molecule has 0 saturated carbocycles. The molecule has 0 fully saturated rings. The van der Waals surface area contributed by atoms with Crippen molar-refractivity contribution in [2.24, 2.45) is 0 Å². The lowest BCUT2D eigenvalue weighted by Crippen LogP contribution is -2.26. The van der Waals surface area contributed by atoms with Crippen LogP contribution in [-0.2, 0) is 16.4 Å². The molecule has 0 atom stereocenters. The Bertz CT molecular complexity index is 733. The molecule has 2 aromatic carbocycles. The fraction of sp³-hybridized carbons (Fsp3) is 0.143. The SMILES string of the molecule is O=S(=O)(NCCc1ccc(F)cc1)c1ccc(Br)c(F)c1. The molecule has 7 heteroatoms. The number of hydrogen-bond acceptors (Lipinski definition) is 2. The maximum absolute atomic E-state index is 13.4. The number of sulfonamides is 1. The molecule has 112 valence electrons. The van der Waals surface area contributed by atoms with Crippen molar-refractivity contribution in [3.05, 3.63) is 64.1 Å². The third-order valence-electron chi connectivity index (χ3n) is 2.82. The highest BCUT2D eigenvalue weighted by molar-refractivity contribution is 9.10. The second-order valence-corrected chi connectivity index (χ2v) is 6.97. The molecule has 2 rings (SSSR count). The predicted octanol–water partition coefficient (Wildman–Crippen LogP) is 3.25. The van der Waals surface area contributed by atoms with Gasteiger partial charge in [-0.15, -0.1) is 0 Å². The van der Waals surface area contributed by atoms with Crippen molar-refractivity contribution in [3.8, 4) is 0 Å². The lowest BCUT2D eigenvalue weighted by atomic mass is 10.1. The molecule has 0 radical (unpaired) electrons. The van der Waals surface area contributed by atoms with Crippen LogP contribution in [-0.4, -0.2) is 15.0 Å². The first kappa shape index (κ1) is 16.1. The van der Waals surface area contributed by atoms with Crippen LogP contribution < -0.4 is 4.72 Å². The molecular weight excluding hydrogens is 364 g/mol. The summed E-state index contributed by atoms with van der Waals surface area (Å²) >= 11 is 2.96. The van der Waals surface area contributed by atoms with Crippen molar-refractivity contribution < 1.29 is 17.2 Å². The van der Waals surface area contributed by atoms with Crippen LogP contribution >= 0.6 is 15.9 Å². The van der Waals surface area contributed by atoms with Crippen LogP contribution in [0.15, 0.2) is 51.8 Å². The first-order valence-electron chi connectivity index (χ1n) is 6.08. The highest BCUT2D eigenvalue weighted by Crippen LogP contribution is 2.19. The minimum atomic E-state index is -3.76. The summed E-state index contributed by atoms with van der Waals surface area (Å²) < 4.78 is 52.7. The maximum atomic E-state index is 13.4. The average Bonchev–Trinajstić information content (AvgIpc) is 2.44. The highest BCUT2D eigenvalue weighted by Gasteiger charge is 2.15. The van der Waals surface area contributed by atoms with E-state index in [1.807, 2.05) is 0 Å². The van der Waals surface area contributed by atoms with Gasteiger partial charge in [0, 0.05) is 6.54 Å². The topological polar surface area (TPSA) is 46.2 Å². The number of rotatable bonds is 5. The number of benzene rings is 2. The summed E-state index contributed by atoms with van der Waals surface area (Å²) in [7, 11) is -3.76. The van der Waals surface area contributed by atoms with Gasteiger partial charge in [0.2, 0.25) is 10.0 Å². The van der Waals surface area contributed by atoms with E-state index in [0.29, 0.717) is 6.42 Å². The maximum Gasteiger partial charge on any atom is 0.240 e. The van der Waals surface area contributed by atoms with E-state index < -0.39 is 15.8 Å². The fourth-order valence-corrected chi connectivity index (χ4v) is 3.00.